The molecule has 4 atom stereocenters. The van der Waals surface area contributed by atoms with Gasteiger partial charge in [-0.15, -0.1) is 0 Å². The second kappa shape index (κ2) is 6.36. The number of fused-ring (bicyclic) bond motifs is 2. The van der Waals surface area contributed by atoms with Crippen molar-refractivity contribution in [3.05, 3.63) is 71.5 Å². The van der Waals surface area contributed by atoms with Crippen LogP contribution in [0.2, 0.25) is 0 Å². The molecule has 2 aromatic rings. The lowest BCUT2D eigenvalue weighted by atomic mass is 9.88. The third kappa shape index (κ3) is 2.94. The SMILES string of the molecule is O=C(N[C@@H](c1ccccc1)c1cccc(F)c1)[C@H]1C[C@H]2CC[C@H]1O2. The Balaban J connectivity index is 1.60. The number of rotatable bonds is 4. The number of halogens is 1. The van der Waals surface area contributed by atoms with E-state index >= 15 is 0 Å². The van der Waals surface area contributed by atoms with Gasteiger partial charge in [-0.2, -0.15) is 0 Å². The highest BCUT2D eigenvalue weighted by molar-refractivity contribution is 5.80. The minimum absolute atomic E-state index is 0.000291. The highest BCUT2D eigenvalue weighted by Crippen LogP contribution is 2.39. The van der Waals surface area contributed by atoms with E-state index in [-0.39, 0.29) is 35.9 Å². The molecule has 0 unspecified atom stereocenters. The number of amides is 1. The molecule has 2 aliphatic heterocycles. The average Bonchev–Trinajstić information content (AvgIpc) is 3.23. The van der Waals surface area contributed by atoms with Crippen molar-refractivity contribution in [2.24, 2.45) is 5.92 Å². The van der Waals surface area contributed by atoms with Crippen LogP contribution in [0.1, 0.15) is 36.4 Å². The van der Waals surface area contributed by atoms with Crippen LogP contribution < -0.4 is 5.32 Å². The molecule has 4 heteroatoms. The van der Waals surface area contributed by atoms with Gasteiger partial charge in [0.25, 0.3) is 0 Å². The molecular formula is C20H20FNO2. The van der Waals surface area contributed by atoms with Gasteiger partial charge in [0.2, 0.25) is 5.91 Å². The van der Waals surface area contributed by atoms with Crippen LogP contribution in [0.5, 0.6) is 0 Å². The summed E-state index contributed by atoms with van der Waals surface area (Å²) in [6, 6.07) is 15.7. The molecule has 2 fully saturated rings. The number of nitrogens with one attached hydrogen (secondary N) is 1. The number of carbonyl (C=O) groups is 1. The summed E-state index contributed by atoms with van der Waals surface area (Å²) in [5.41, 5.74) is 1.69. The van der Waals surface area contributed by atoms with Gasteiger partial charge < -0.3 is 10.1 Å². The molecule has 2 heterocycles. The lowest BCUT2D eigenvalue weighted by Gasteiger charge is -2.24. The average molecular weight is 325 g/mol. The first-order valence-electron chi connectivity index (χ1n) is 8.47. The van der Waals surface area contributed by atoms with E-state index in [0.29, 0.717) is 0 Å². The number of benzene rings is 2. The maximum Gasteiger partial charge on any atom is 0.226 e. The van der Waals surface area contributed by atoms with E-state index in [4.69, 9.17) is 4.74 Å². The van der Waals surface area contributed by atoms with Crippen LogP contribution in [-0.2, 0) is 9.53 Å². The molecule has 4 rings (SSSR count). The first kappa shape index (κ1) is 15.3. The van der Waals surface area contributed by atoms with Crippen LogP contribution in [0, 0.1) is 11.7 Å². The summed E-state index contributed by atoms with van der Waals surface area (Å²) in [6.07, 6.45) is 3.08. The molecule has 2 aliphatic rings. The zero-order valence-electron chi connectivity index (χ0n) is 13.3. The second-order valence-electron chi connectivity index (χ2n) is 6.62. The van der Waals surface area contributed by atoms with Gasteiger partial charge in [0.05, 0.1) is 24.2 Å². The van der Waals surface area contributed by atoms with E-state index in [0.717, 1.165) is 30.4 Å². The molecule has 0 radical (unpaired) electrons. The molecule has 0 saturated carbocycles. The Morgan fingerprint density at radius 2 is 1.88 bits per heavy atom. The summed E-state index contributed by atoms with van der Waals surface area (Å²) >= 11 is 0. The van der Waals surface area contributed by atoms with Gasteiger partial charge in [0.15, 0.2) is 0 Å². The van der Waals surface area contributed by atoms with Crippen LogP contribution in [-0.4, -0.2) is 18.1 Å². The van der Waals surface area contributed by atoms with Crippen molar-refractivity contribution in [3.8, 4) is 0 Å². The van der Waals surface area contributed by atoms with Gasteiger partial charge in [0, 0.05) is 0 Å². The van der Waals surface area contributed by atoms with Gasteiger partial charge >= 0.3 is 0 Å². The van der Waals surface area contributed by atoms with E-state index in [1.807, 2.05) is 36.4 Å². The predicted molar refractivity (Wildman–Crippen MR) is 88.8 cm³/mol. The molecule has 2 aromatic carbocycles. The van der Waals surface area contributed by atoms with E-state index in [1.165, 1.54) is 12.1 Å². The maximum atomic E-state index is 13.7. The fourth-order valence-corrected chi connectivity index (χ4v) is 3.85. The van der Waals surface area contributed by atoms with Gasteiger partial charge in [-0.1, -0.05) is 42.5 Å². The zero-order chi connectivity index (χ0) is 16.5. The van der Waals surface area contributed by atoms with Crippen LogP contribution in [0.4, 0.5) is 4.39 Å². The Kier molecular flexibility index (Phi) is 4.07. The second-order valence-corrected chi connectivity index (χ2v) is 6.62. The molecule has 1 amide bonds. The van der Waals surface area contributed by atoms with Crippen LogP contribution in [0.25, 0.3) is 0 Å². The highest BCUT2D eigenvalue weighted by atomic mass is 19.1. The normalized spacial score (nSPS) is 26.3. The monoisotopic (exact) mass is 325 g/mol. The van der Waals surface area contributed by atoms with Gasteiger partial charge in [-0.25, -0.2) is 4.39 Å². The van der Waals surface area contributed by atoms with Crippen molar-refractivity contribution >= 4 is 5.91 Å². The maximum absolute atomic E-state index is 13.7. The molecule has 1 N–H and O–H groups in total. The van der Waals surface area contributed by atoms with Crippen molar-refractivity contribution in [2.45, 2.75) is 37.5 Å². The van der Waals surface area contributed by atoms with Gasteiger partial charge in [0.1, 0.15) is 5.82 Å². The Morgan fingerprint density at radius 1 is 1.08 bits per heavy atom. The zero-order valence-corrected chi connectivity index (χ0v) is 13.3. The summed E-state index contributed by atoms with van der Waals surface area (Å²) in [6.45, 7) is 0. The molecule has 2 saturated heterocycles. The number of hydrogen-bond donors (Lipinski definition) is 1. The first-order chi connectivity index (χ1) is 11.7. The fraction of sp³-hybridized carbons (Fsp3) is 0.350. The third-order valence-corrected chi connectivity index (χ3v) is 5.04. The van der Waals surface area contributed by atoms with Crippen LogP contribution in [0.3, 0.4) is 0 Å². The fourth-order valence-electron chi connectivity index (χ4n) is 3.85. The summed E-state index contributed by atoms with van der Waals surface area (Å²) in [5.74, 6) is -0.394. The highest BCUT2D eigenvalue weighted by Gasteiger charge is 2.44. The Bertz CT molecular complexity index is 733. The number of carbonyl (C=O) groups excluding carboxylic acids is 1. The van der Waals surface area contributed by atoms with Crippen molar-refractivity contribution in [1.82, 2.24) is 5.32 Å². The van der Waals surface area contributed by atoms with E-state index in [2.05, 4.69) is 5.32 Å². The lowest BCUT2D eigenvalue weighted by molar-refractivity contribution is -0.127. The van der Waals surface area contributed by atoms with E-state index in [1.54, 1.807) is 6.07 Å². The van der Waals surface area contributed by atoms with Crippen molar-refractivity contribution in [3.63, 3.8) is 0 Å². The van der Waals surface area contributed by atoms with Crippen molar-refractivity contribution < 1.29 is 13.9 Å². The topological polar surface area (TPSA) is 38.3 Å². The number of ether oxygens (including phenoxy) is 1. The number of hydrogen-bond acceptors (Lipinski definition) is 2. The summed E-state index contributed by atoms with van der Waals surface area (Å²) in [5, 5.41) is 3.12. The van der Waals surface area contributed by atoms with Crippen LogP contribution in [0.15, 0.2) is 54.6 Å². The van der Waals surface area contributed by atoms with Gasteiger partial charge in [-0.05, 0) is 42.5 Å². The predicted octanol–water partition coefficient (Wildman–Crippen LogP) is 3.60. The quantitative estimate of drug-likeness (QED) is 0.933. The molecule has 2 bridgehead atoms. The molecule has 24 heavy (non-hydrogen) atoms. The molecule has 0 spiro atoms. The van der Waals surface area contributed by atoms with Crippen molar-refractivity contribution in [1.29, 1.82) is 0 Å². The van der Waals surface area contributed by atoms with E-state index in [9.17, 15) is 9.18 Å². The summed E-state index contributed by atoms with van der Waals surface area (Å²) in [7, 11) is 0. The first-order valence-corrected chi connectivity index (χ1v) is 8.47. The van der Waals surface area contributed by atoms with Gasteiger partial charge in [-0.3, -0.25) is 4.79 Å². The van der Waals surface area contributed by atoms with E-state index < -0.39 is 0 Å². The Morgan fingerprint density at radius 3 is 2.54 bits per heavy atom. The van der Waals surface area contributed by atoms with Crippen molar-refractivity contribution in [2.75, 3.05) is 0 Å². The smallest absolute Gasteiger partial charge is 0.226 e. The molecule has 3 nitrogen and oxygen atoms in total. The largest absolute Gasteiger partial charge is 0.374 e. The summed E-state index contributed by atoms with van der Waals surface area (Å²) in [4.78, 5) is 12.8. The third-order valence-electron chi connectivity index (χ3n) is 5.04. The Hall–Kier alpha value is -2.20. The summed E-state index contributed by atoms with van der Waals surface area (Å²) < 4.78 is 19.5. The molecular weight excluding hydrogens is 305 g/mol. The Labute approximate surface area is 140 Å². The minimum atomic E-state index is -0.353. The standard InChI is InChI=1S/C20H20FNO2/c21-15-8-4-7-14(11-15)19(13-5-2-1-3-6-13)22-20(23)17-12-16-9-10-18(17)24-16/h1-8,11,16-19H,9-10,12H2,(H,22,23)/t16-,17+,18-,19+/m1/s1. The lowest BCUT2D eigenvalue weighted by Crippen LogP contribution is -2.38. The molecule has 124 valence electrons. The molecule has 0 aromatic heterocycles. The minimum Gasteiger partial charge on any atom is -0.374 e. The van der Waals surface area contributed by atoms with Crippen LogP contribution >= 0.6 is 0 Å². The molecule has 0 aliphatic carbocycles.